The SMILES string of the molecule is ClCc1cccc(Cl)c1N(CC1CC1)C1CC1. The van der Waals surface area contributed by atoms with Crippen LogP contribution in [0.5, 0.6) is 0 Å². The third-order valence-corrected chi connectivity index (χ3v) is 4.23. The lowest BCUT2D eigenvalue weighted by Crippen LogP contribution is -2.29. The van der Waals surface area contributed by atoms with E-state index in [-0.39, 0.29) is 0 Å². The van der Waals surface area contributed by atoms with Crippen LogP contribution in [0.2, 0.25) is 5.02 Å². The van der Waals surface area contributed by atoms with Crippen molar-refractivity contribution >= 4 is 28.9 Å². The van der Waals surface area contributed by atoms with E-state index in [1.54, 1.807) is 0 Å². The number of benzene rings is 1. The molecule has 1 nitrogen and oxygen atoms in total. The maximum Gasteiger partial charge on any atom is 0.0642 e. The molecular weight excluding hydrogens is 253 g/mol. The van der Waals surface area contributed by atoms with E-state index >= 15 is 0 Å². The van der Waals surface area contributed by atoms with Gasteiger partial charge in [-0.25, -0.2) is 0 Å². The van der Waals surface area contributed by atoms with Gasteiger partial charge in [0.2, 0.25) is 0 Å². The van der Waals surface area contributed by atoms with Gasteiger partial charge in [0.25, 0.3) is 0 Å². The molecule has 2 aliphatic carbocycles. The normalized spacial score (nSPS) is 19.4. The quantitative estimate of drug-likeness (QED) is 0.714. The highest BCUT2D eigenvalue weighted by molar-refractivity contribution is 6.33. The fraction of sp³-hybridized carbons (Fsp3) is 0.571. The summed E-state index contributed by atoms with van der Waals surface area (Å²) in [6.45, 7) is 1.16. The van der Waals surface area contributed by atoms with E-state index in [1.807, 2.05) is 12.1 Å². The second kappa shape index (κ2) is 4.70. The minimum Gasteiger partial charge on any atom is -0.367 e. The van der Waals surface area contributed by atoms with Crippen LogP contribution in [0.15, 0.2) is 18.2 Å². The fourth-order valence-corrected chi connectivity index (χ4v) is 2.90. The zero-order valence-electron chi connectivity index (χ0n) is 9.83. The largest absolute Gasteiger partial charge is 0.367 e. The molecule has 17 heavy (non-hydrogen) atoms. The highest BCUT2D eigenvalue weighted by Crippen LogP contribution is 2.42. The third-order valence-electron chi connectivity index (χ3n) is 3.64. The molecule has 0 saturated heterocycles. The number of anilines is 1. The molecule has 0 unspecified atom stereocenters. The topological polar surface area (TPSA) is 3.24 Å². The average Bonchev–Trinajstić information content (AvgIpc) is 3.17. The van der Waals surface area contributed by atoms with Gasteiger partial charge in [0.1, 0.15) is 0 Å². The van der Waals surface area contributed by atoms with E-state index in [9.17, 15) is 0 Å². The number of para-hydroxylation sites is 1. The average molecular weight is 270 g/mol. The Hall–Kier alpha value is -0.400. The smallest absolute Gasteiger partial charge is 0.0642 e. The molecular formula is C14H17Cl2N. The first-order valence-corrected chi connectivity index (χ1v) is 7.31. The van der Waals surface area contributed by atoms with Crippen LogP contribution in [0.4, 0.5) is 5.69 Å². The van der Waals surface area contributed by atoms with Crippen LogP contribution in [0, 0.1) is 5.92 Å². The maximum atomic E-state index is 6.38. The summed E-state index contributed by atoms with van der Waals surface area (Å²) in [5.41, 5.74) is 2.37. The Morgan fingerprint density at radius 1 is 1.18 bits per heavy atom. The molecule has 92 valence electrons. The zero-order chi connectivity index (χ0) is 11.8. The van der Waals surface area contributed by atoms with Crippen LogP contribution in [0.1, 0.15) is 31.2 Å². The molecule has 0 heterocycles. The summed E-state index contributed by atoms with van der Waals surface area (Å²) in [6.07, 6.45) is 5.37. The van der Waals surface area contributed by atoms with Gasteiger partial charge in [-0.05, 0) is 43.2 Å². The highest BCUT2D eigenvalue weighted by Gasteiger charge is 2.35. The van der Waals surface area contributed by atoms with Gasteiger partial charge < -0.3 is 4.90 Å². The molecule has 0 N–H and O–H groups in total. The first kappa shape index (κ1) is 11.7. The van der Waals surface area contributed by atoms with E-state index in [2.05, 4.69) is 11.0 Å². The van der Waals surface area contributed by atoms with Gasteiger partial charge in [0.15, 0.2) is 0 Å². The van der Waals surface area contributed by atoms with Crippen LogP contribution in [0.25, 0.3) is 0 Å². The predicted molar refractivity (Wildman–Crippen MR) is 74.1 cm³/mol. The van der Waals surface area contributed by atoms with Gasteiger partial charge in [0, 0.05) is 18.5 Å². The van der Waals surface area contributed by atoms with Crippen LogP contribution in [-0.4, -0.2) is 12.6 Å². The maximum absolute atomic E-state index is 6.38. The van der Waals surface area contributed by atoms with E-state index in [1.165, 1.54) is 36.9 Å². The molecule has 0 spiro atoms. The first-order chi connectivity index (χ1) is 8.29. The second-order valence-electron chi connectivity index (χ2n) is 5.21. The Bertz CT molecular complexity index is 411. The highest BCUT2D eigenvalue weighted by atomic mass is 35.5. The number of halogens is 2. The molecule has 0 amide bonds. The Morgan fingerprint density at radius 2 is 1.94 bits per heavy atom. The van der Waals surface area contributed by atoms with Crippen molar-refractivity contribution in [2.75, 3.05) is 11.4 Å². The van der Waals surface area contributed by atoms with Crippen molar-refractivity contribution in [2.24, 2.45) is 5.92 Å². The van der Waals surface area contributed by atoms with Crippen molar-refractivity contribution < 1.29 is 0 Å². The molecule has 1 aromatic carbocycles. The van der Waals surface area contributed by atoms with Gasteiger partial charge >= 0.3 is 0 Å². The summed E-state index contributed by atoms with van der Waals surface area (Å²) in [5, 5.41) is 0.857. The van der Waals surface area contributed by atoms with Crippen molar-refractivity contribution in [1.82, 2.24) is 0 Å². The van der Waals surface area contributed by atoms with Gasteiger partial charge in [-0.3, -0.25) is 0 Å². The van der Waals surface area contributed by atoms with Crippen molar-refractivity contribution in [2.45, 2.75) is 37.6 Å². The lowest BCUT2D eigenvalue weighted by atomic mass is 10.1. The van der Waals surface area contributed by atoms with E-state index in [0.29, 0.717) is 11.9 Å². The lowest BCUT2D eigenvalue weighted by molar-refractivity contribution is 0.716. The molecule has 2 aliphatic rings. The Balaban J connectivity index is 1.92. The molecule has 0 aromatic heterocycles. The first-order valence-electron chi connectivity index (χ1n) is 6.39. The minimum absolute atomic E-state index is 0.545. The Labute approximate surface area is 113 Å². The van der Waals surface area contributed by atoms with Gasteiger partial charge in [-0.1, -0.05) is 23.7 Å². The Kier molecular flexibility index (Phi) is 3.23. The van der Waals surface area contributed by atoms with Gasteiger partial charge in [-0.15, -0.1) is 11.6 Å². The molecule has 1 aromatic rings. The van der Waals surface area contributed by atoms with Crippen molar-refractivity contribution in [3.05, 3.63) is 28.8 Å². The lowest BCUT2D eigenvalue weighted by Gasteiger charge is -2.28. The molecule has 2 saturated carbocycles. The molecule has 3 heteroatoms. The molecule has 0 aliphatic heterocycles. The van der Waals surface area contributed by atoms with Gasteiger partial charge in [0.05, 0.1) is 10.7 Å². The summed E-state index contributed by atoms with van der Waals surface area (Å²) in [4.78, 5) is 2.51. The predicted octanol–water partition coefficient (Wildman–Crippen LogP) is 4.46. The van der Waals surface area contributed by atoms with E-state index < -0.39 is 0 Å². The number of hydrogen-bond acceptors (Lipinski definition) is 1. The summed E-state index contributed by atoms with van der Waals surface area (Å²) in [5.74, 6) is 1.43. The number of alkyl halides is 1. The van der Waals surface area contributed by atoms with E-state index in [0.717, 1.165) is 17.5 Å². The van der Waals surface area contributed by atoms with Gasteiger partial charge in [-0.2, -0.15) is 0 Å². The fourth-order valence-electron chi connectivity index (χ4n) is 2.38. The number of nitrogens with zero attached hydrogens (tertiary/aromatic N) is 1. The molecule has 3 rings (SSSR count). The van der Waals surface area contributed by atoms with E-state index in [4.69, 9.17) is 23.2 Å². The van der Waals surface area contributed by atoms with Crippen molar-refractivity contribution in [3.63, 3.8) is 0 Å². The van der Waals surface area contributed by atoms with Crippen molar-refractivity contribution in [1.29, 1.82) is 0 Å². The Morgan fingerprint density at radius 3 is 2.53 bits per heavy atom. The molecule has 2 fully saturated rings. The summed E-state index contributed by atoms with van der Waals surface area (Å²) >= 11 is 12.4. The van der Waals surface area contributed by atoms with Crippen LogP contribution < -0.4 is 4.90 Å². The zero-order valence-corrected chi connectivity index (χ0v) is 11.3. The van der Waals surface area contributed by atoms with Crippen LogP contribution >= 0.6 is 23.2 Å². The molecule has 0 atom stereocenters. The van der Waals surface area contributed by atoms with Crippen LogP contribution in [0.3, 0.4) is 0 Å². The standard InChI is InChI=1S/C14H17Cl2N/c15-8-11-2-1-3-13(16)14(11)17(12-6-7-12)9-10-4-5-10/h1-3,10,12H,4-9H2. The molecule has 0 radical (unpaired) electrons. The number of hydrogen-bond donors (Lipinski definition) is 0. The summed E-state index contributed by atoms with van der Waals surface area (Å²) in [7, 11) is 0. The molecule has 0 bridgehead atoms. The summed E-state index contributed by atoms with van der Waals surface area (Å²) in [6, 6.07) is 6.77. The third kappa shape index (κ3) is 2.56. The van der Waals surface area contributed by atoms with Crippen molar-refractivity contribution in [3.8, 4) is 0 Å². The monoisotopic (exact) mass is 269 g/mol. The summed E-state index contributed by atoms with van der Waals surface area (Å²) < 4.78 is 0. The minimum atomic E-state index is 0.545. The number of rotatable bonds is 5. The second-order valence-corrected chi connectivity index (χ2v) is 5.88. The van der Waals surface area contributed by atoms with Crippen LogP contribution in [-0.2, 0) is 5.88 Å².